The third-order valence-corrected chi connectivity index (χ3v) is 5.38. The van der Waals surface area contributed by atoms with Crippen LogP contribution in [0.15, 0.2) is 59.7 Å². The summed E-state index contributed by atoms with van der Waals surface area (Å²) in [6.45, 7) is 2.65. The molecule has 1 N–H and O–H groups in total. The maximum absolute atomic E-state index is 12.5. The molecular weight excluding hydrogens is 509 g/mol. The van der Waals surface area contributed by atoms with Crippen molar-refractivity contribution in [2.24, 2.45) is 5.10 Å². The highest BCUT2D eigenvalue weighted by Crippen LogP contribution is 2.34. The Hall–Kier alpha value is -3.82. The average molecular weight is 532 g/mol. The molecule has 0 aliphatic carbocycles. The summed E-state index contributed by atoms with van der Waals surface area (Å²) in [5.74, 6) is 0.824. The number of nitrogens with zero attached hydrogens (tertiary/aromatic N) is 2. The SMILES string of the molecule is CCCOc1ccc(C(=O)N/N=C/c2cc(Cl)c(OCc3ccc([N+](=O)[O-])cc3)c(Cl)c2)cc1OC. The van der Waals surface area contributed by atoms with Gasteiger partial charge < -0.3 is 14.2 Å². The van der Waals surface area contributed by atoms with Crippen molar-refractivity contribution < 1.29 is 23.9 Å². The molecule has 3 aromatic carbocycles. The molecule has 0 spiro atoms. The third kappa shape index (κ3) is 7.10. The molecule has 0 saturated heterocycles. The summed E-state index contributed by atoms with van der Waals surface area (Å²) in [7, 11) is 1.50. The van der Waals surface area contributed by atoms with Crippen LogP contribution in [-0.4, -0.2) is 30.8 Å². The van der Waals surface area contributed by atoms with Crippen LogP contribution in [0, 0.1) is 10.1 Å². The van der Waals surface area contributed by atoms with Crippen molar-refractivity contribution in [3.05, 3.63) is 91.4 Å². The van der Waals surface area contributed by atoms with Crippen molar-refractivity contribution in [3.63, 3.8) is 0 Å². The highest BCUT2D eigenvalue weighted by Gasteiger charge is 2.12. The second-order valence-electron chi connectivity index (χ2n) is 7.44. The number of benzene rings is 3. The van der Waals surface area contributed by atoms with Crippen LogP contribution in [0.25, 0.3) is 0 Å². The van der Waals surface area contributed by atoms with Crippen molar-refractivity contribution >= 4 is 41.0 Å². The Morgan fingerprint density at radius 3 is 2.36 bits per heavy atom. The molecule has 0 aromatic heterocycles. The molecule has 0 fully saturated rings. The molecule has 0 atom stereocenters. The van der Waals surface area contributed by atoms with Crippen LogP contribution < -0.4 is 19.6 Å². The van der Waals surface area contributed by atoms with E-state index in [2.05, 4.69) is 10.5 Å². The van der Waals surface area contributed by atoms with Gasteiger partial charge in [0.25, 0.3) is 11.6 Å². The largest absolute Gasteiger partial charge is 0.493 e. The first-order valence-corrected chi connectivity index (χ1v) is 11.6. The summed E-state index contributed by atoms with van der Waals surface area (Å²) in [6.07, 6.45) is 2.24. The van der Waals surface area contributed by atoms with Gasteiger partial charge in [0, 0.05) is 17.7 Å². The Labute approximate surface area is 217 Å². The second kappa shape index (κ2) is 12.8. The zero-order chi connectivity index (χ0) is 26.1. The molecule has 3 aromatic rings. The normalized spacial score (nSPS) is 10.8. The number of non-ortho nitro benzene ring substituents is 1. The first-order valence-electron chi connectivity index (χ1n) is 10.8. The van der Waals surface area contributed by atoms with Crippen LogP contribution in [0.2, 0.25) is 10.0 Å². The predicted octanol–water partition coefficient (Wildman–Crippen LogP) is 6.04. The summed E-state index contributed by atoms with van der Waals surface area (Å²) in [4.78, 5) is 22.8. The fraction of sp³-hybridized carbons (Fsp3) is 0.200. The molecule has 11 heteroatoms. The number of halogens is 2. The molecule has 0 heterocycles. The first kappa shape index (κ1) is 26.8. The van der Waals surface area contributed by atoms with Crippen molar-refractivity contribution in [1.82, 2.24) is 5.43 Å². The van der Waals surface area contributed by atoms with E-state index in [0.717, 1.165) is 6.42 Å². The van der Waals surface area contributed by atoms with E-state index in [4.69, 9.17) is 37.4 Å². The molecule has 0 aliphatic heterocycles. The minimum absolute atomic E-state index is 0.0114. The lowest BCUT2D eigenvalue weighted by atomic mass is 10.2. The molecule has 0 unspecified atom stereocenters. The van der Waals surface area contributed by atoms with Crippen molar-refractivity contribution in [3.8, 4) is 17.2 Å². The van der Waals surface area contributed by atoms with Gasteiger partial charge in [0.05, 0.1) is 34.9 Å². The van der Waals surface area contributed by atoms with E-state index in [1.807, 2.05) is 6.92 Å². The number of hydrogen-bond acceptors (Lipinski definition) is 7. The number of hydrogen-bond donors (Lipinski definition) is 1. The lowest BCUT2D eigenvalue weighted by Crippen LogP contribution is -2.17. The Kier molecular flexibility index (Phi) is 9.49. The minimum Gasteiger partial charge on any atom is -0.493 e. The zero-order valence-electron chi connectivity index (χ0n) is 19.5. The Morgan fingerprint density at radius 1 is 1.06 bits per heavy atom. The molecule has 188 valence electrons. The number of amides is 1. The number of hydrazone groups is 1. The highest BCUT2D eigenvalue weighted by atomic mass is 35.5. The van der Waals surface area contributed by atoms with Gasteiger partial charge in [0.15, 0.2) is 17.2 Å². The predicted molar refractivity (Wildman–Crippen MR) is 138 cm³/mol. The lowest BCUT2D eigenvalue weighted by Gasteiger charge is -2.11. The second-order valence-corrected chi connectivity index (χ2v) is 8.25. The van der Waals surface area contributed by atoms with Crippen molar-refractivity contribution in [2.45, 2.75) is 20.0 Å². The summed E-state index contributed by atoms with van der Waals surface area (Å²) >= 11 is 12.6. The zero-order valence-corrected chi connectivity index (χ0v) is 21.0. The van der Waals surface area contributed by atoms with Crippen LogP contribution in [-0.2, 0) is 6.61 Å². The molecule has 9 nitrogen and oxygen atoms in total. The molecule has 3 rings (SSSR count). The minimum atomic E-state index is -0.475. The molecule has 0 radical (unpaired) electrons. The Morgan fingerprint density at radius 2 is 1.75 bits per heavy atom. The Balaban J connectivity index is 1.62. The van der Waals surface area contributed by atoms with Crippen LogP contribution in [0.1, 0.15) is 34.8 Å². The topological polar surface area (TPSA) is 112 Å². The van der Waals surface area contributed by atoms with E-state index in [1.165, 1.54) is 25.5 Å². The summed E-state index contributed by atoms with van der Waals surface area (Å²) in [5.41, 5.74) is 4.02. The van der Waals surface area contributed by atoms with Gasteiger partial charge >= 0.3 is 0 Å². The molecular formula is C25H23Cl2N3O6. The molecule has 0 bridgehead atoms. The van der Waals surface area contributed by atoms with Gasteiger partial charge in [-0.2, -0.15) is 5.10 Å². The molecule has 1 amide bonds. The third-order valence-electron chi connectivity index (χ3n) is 4.82. The van der Waals surface area contributed by atoms with E-state index in [1.54, 1.807) is 42.5 Å². The quantitative estimate of drug-likeness (QED) is 0.183. The van der Waals surface area contributed by atoms with E-state index >= 15 is 0 Å². The van der Waals surface area contributed by atoms with Crippen LogP contribution in [0.4, 0.5) is 5.69 Å². The number of carbonyl (C=O) groups excluding carboxylic acids is 1. The highest BCUT2D eigenvalue weighted by molar-refractivity contribution is 6.37. The van der Waals surface area contributed by atoms with Crippen LogP contribution in [0.5, 0.6) is 17.2 Å². The first-order chi connectivity index (χ1) is 17.3. The summed E-state index contributed by atoms with van der Waals surface area (Å²) in [5, 5.41) is 15.2. The van der Waals surface area contributed by atoms with E-state index in [0.29, 0.717) is 34.8 Å². The number of nitro benzene ring substituents is 1. The standard InChI is InChI=1S/C25H23Cl2N3O6/c1-3-10-35-22-9-6-18(13-23(22)34-2)25(31)29-28-14-17-11-20(26)24(21(27)12-17)36-15-16-4-7-19(8-5-16)30(32)33/h4-9,11-14H,3,10,15H2,1-2H3,(H,29,31)/b28-14+. The number of nitrogens with one attached hydrogen (secondary N) is 1. The van der Waals surface area contributed by atoms with Gasteiger partial charge in [0.2, 0.25) is 0 Å². The summed E-state index contributed by atoms with van der Waals surface area (Å²) < 4.78 is 16.6. The van der Waals surface area contributed by atoms with Crippen molar-refractivity contribution in [2.75, 3.05) is 13.7 Å². The van der Waals surface area contributed by atoms with Gasteiger partial charge in [0.1, 0.15) is 6.61 Å². The van der Waals surface area contributed by atoms with E-state index in [-0.39, 0.29) is 28.1 Å². The number of ether oxygens (including phenoxy) is 3. The van der Waals surface area contributed by atoms with Crippen LogP contribution in [0.3, 0.4) is 0 Å². The fourth-order valence-corrected chi connectivity index (χ4v) is 3.64. The van der Waals surface area contributed by atoms with Gasteiger partial charge in [-0.15, -0.1) is 0 Å². The van der Waals surface area contributed by atoms with E-state index in [9.17, 15) is 14.9 Å². The maximum Gasteiger partial charge on any atom is 0.271 e. The fourth-order valence-electron chi connectivity index (χ4n) is 3.03. The number of methoxy groups -OCH3 is 1. The van der Waals surface area contributed by atoms with Gasteiger partial charge in [-0.1, -0.05) is 30.1 Å². The van der Waals surface area contributed by atoms with Gasteiger partial charge in [-0.05, 0) is 60.0 Å². The Bertz CT molecular complexity index is 1240. The van der Waals surface area contributed by atoms with Gasteiger partial charge in [-0.25, -0.2) is 5.43 Å². The molecule has 0 aliphatic rings. The monoisotopic (exact) mass is 531 g/mol. The maximum atomic E-state index is 12.5. The smallest absolute Gasteiger partial charge is 0.271 e. The number of carbonyl (C=O) groups is 1. The average Bonchev–Trinajstić information content (AvgIpc) is 2.87. The number of rotatable bonds is 11. The van der Waals surface area contributed by atoms with Crippen LogP contribution >= 0.6 is 23.2 Å². The lowest BCUT2D eigenvalue weighted by molar-refractivity contribution is -0.384. The van der Waals surface area contributed by atoms with Gasteiger partial charge in [-0.3, -0.25) is 14.9 Å². The molecule has 0 saturated carbocycles. The van der Waals surface area contributed by atoms with E-state index < -0.39 is 10.8 Å². The number of nitro groups is 1. The summed E-state index contributed by atoms with van der Waals surface area (Å²) in [6, 6.07) is 14.0. The van der Waals surface area contributed by atoms with Crippen molar-refractivity contribution in [1.29, 1.82) is 0 Å². The molecule has 36 heavy (non-hydrogen) atoms.